The fraction of sp³-hybridized carbons (Fsp3) is 0.600. The predicted molar refractivity (Wildman–Crippen MR) is 71.3 cm³/mol. The summed E-state index contributed by atoms with van der Waals surface area (Å²) in [4.78, 5) is 2.64. The lowest BCUT2D eigenvalue weighted by Gasteiger charge is -2.23. The zero-order chi connectivity index (χ0) is 11.5. The number of hydrogen-bond donors (Lipinski definition) is 1. The van der Waals surface area contributed by atoms with Crippen LogP contribution in [0.15, 0.2) is 24.3 Å². The molecule has 2 aliphatic heterocycles. The molecule has 17 heavy (non-hydrogen) atoms. The second-order valence-electron chi connectivity index (χ2n) is 5.36. The Morgan fingerprint density at radius 1 is 1.12 bits per heavy atom. The zero-order valence-electron chi connectivity index (χ0n) is 10.5. The first-order chi connectivity index (χ1) is 8.42. The molecule has 0 aromatic heterocycles. The quantitative estimate of drug-likeness (QED) is 0.834. The van der Waals surface area contributed by atoms with Crippen LogP contribution in [0.4, 0.5) is 0 Å². The van der Waals surface area contributed by atoms with Crippen LogP contribution >= 0.6 is 0 Å². The maximum atomic E-state index is 3.60. The van der Waals surface area contributed by atoms with Crippen molar-refractivity contribution in [1.82, 2.24) is 10.2 Å². The SMILES string of the molecule is c1ccc2c(c1)CCN(C[C@@H]1CCCN1)CC2. The van der Waals surface area contributed by atoms with Crippen LogP contribution in [0.3, 0.4) is 0 Å². The minimum absolute atomic E-state index is 0.746. The van der Waals surface area contributed by atoms with E-state index in [-0.39, 0.29) is 0 Å². The standard InChI is InChI=1S/C15H22N2/c1-2-5-14-8-11-17(10-7-13(14)4-1)12-15-6-3-9-16-15/h1-2,4-5,15-16H,3,6-12H2/t15-/m0/s1. The van der Waals surface area contributed by atoms with Gasteiger partial charge in [0.25, 0.3) is 0 Å². The summed E-state index contributed by atoms with van der Waals surface area (Å²) >= 11 is 0. The van der Waals surface area contributed by atoms with Gasteiger partial charge < -0.3 is 10.2 Å². The Morgan fingerprint density at radius 2 is 1.82 bits per heavy atom. The first-order valence-corrected chi connectivity index (χ1v) is 6.94. The number of benzene rings is 1. The van der Waals surface area contributed by atoms with Gasteiger partial charge in [-0.15, -0.1) is 0 Å². The van der Waals surface area contributed by atoms with Crippen molar-refractivity contribution in [2.24, 2.45) is 0 Å². The summed E-state index contributed by atoms with van der Waals surface area (Å²) in [6.07, 6.45) is 5.17. The minimum Gasteiger partial charge on any atom is -0.313 e. The van der Waals surface area contributed by atoms with Crippen LogP contribution in [0.1, 0.15) is 24.0 Å². The highest BCUT2D eigenvalue weighted by molar-refractivity contribution is 5.28. The van der Waals surface area contributed by atoms with E-state index in [4.69, 9.17) is 0 Å². The van der Waals surface area contributed by atoms with Crippen molar-refractivity contribution in [3.63, 3.8) is 0 Å². The summed E-state index contributed by atoms with van der Waals surface area (Å²) in [5, 5.41) is 3.60. The van der Waals surface area contributed by atoms with Gasteiger partial charge in [0.1, 0.15) is 0 Å². The highest BCUT2D eigenvalue weighted by Gasteiger charge is 2.19. The van der Waals surface area contributed by atoms with E-state index in [9.17, 15) is 0 Å². The van der Waals surface area contributed by atoms with Crippen molar-refractivity contribution < 1.29 is 0 Å². The average molecular weight is 230 g/mol. The Labute approximate surface area is 104 Å². The van der Waals surface area contributed by atoms with Crippen molar-refractivity contribution in [2.45, 2.75) is 31.7 Å². The lowest BCUT2D eigenvalue weighted by molar-refractivity contribution is 0.260. The Bertz CT molecular complexity index is 342. The molecule has 1 N–H and O–H groups in total. The van der Waals surface area contributed by atoms with Gasteiger partial charge >= 0.3 is 0 Å². The number of rotatable bonds is 2. The molecular weight excluding hydrogens is 208 g/mol. The Hall–Kier alpha value is -0.860. The van der Waals surface area contributed by atoms with Crippen molar-refractivity contribution in [3.8, 4) is 0 Å². The maximum absolute atomic E-state index is 3.60. The molecule has 0 spiro atoms. The molecule has 0 aliphatic carbocycles. The molecule has 2 heteroatoms. The van der Waals surface area contributed by atoms with Gasteiger partial charge in [0, 0.05) is 25.7 Å². The van der Waals surface area contributed by atoms with Crippen molar-refractivity contribution in [3.05, 3.63) is 35.4 Å². The van der Waals surface area contributed by atoms with Gasteiger partial charge in [-0.05, 0) is 43.4 Å². The molecule has 2 heterocycles. The second-order valence-corrected chi connectivity index (χ2v) is 5.36. The first-order valence-electron chi connectivity index (χ1n) is 6.94. The third kappa shape index (κ3) is 2.70. The largest absolute Gasteiger partial charge is 0.313 e. The molecule has 2 aliphatic rings. The van der Waals surface area contributed by atoms with E-state index in [0.29, 0.717) is 0 Å². The van der Waals surface area contributed by atoms with Gasteiger partial charge in [0.2, 0.25) is 0 Å². The summed E-state index contributed by atoms with van der Waals surface area (Å²) in [7, 11) is 0. The molecule has 0 radical (unpaired) electrons. The molecule has 1 fully saturated rings. The molecule has 1 aromatic carbocycles. The lowest BCUT2D eigenvalue weighted by atomic mass is 10.0. The van der Waals surface area contributed by atoms with Gasteiger partial charge in [-0.25, -0.2) is 0 Å². The van der Waals surface area contributed by atoms with Crippen LogP contribution in [-0.2, 0) is 12.8 Å². The van der Waals surface area contributed by atoms with Crippen molar-refractivity contribution in [2.75, 3.05) is 26.2 Å². The summed E-state index contributed by atoms with van der Waals surface area (Å²) in [5.41, 5.74) is 3.13. The number of fused-ring (bicyclic) bond motifs is 1. The fourth-order valence-corrected chi connectivity index (χ4v) is 3.12. The van der Waals surface area contributed by atoms with E-state index < -0.39 is 0 Å². The molecular formula is C15H22N2. The van der Waals surface area contributed by atoms with E-state index in [2.05, 4.69) is 34.5 Å². The molecule has 1 aromatic rings. The average Bonchev–Trinajstić information content (AvgIpc) is 2.78. The summed E-state index contributed by atoms with van der Waals surface area (Å²) in [6, 6.07) is 9.69. The Kier molecular flexibility index (Phi) is 3.44. The van der Waals surface area contributed by atoms with Gasteiger partial charge in [-0.2, -0.15) is 0 Å². The fourth-order valence-electron chi connectivity index (χ4n) is 3.12. The van der Waals surface area contributed by atoms with Gasteiger partial charge in [-0.1, -0.05) is 24.3 Å². The van der Waals surface area contributed by atoms with Crippen molar-refractivity contribution >= 4 is 0 Å². The molecule has 0 bridgehead atoms. The molecule has 1 atom stereocenters. The third-order valence-corrected chi connectivity index (χ3v) is 4.15. The molecule has 3 rings (SSSR count). The third-order valence-electron chi connectivity index (χ3n) is 4.15. The normalized spacial score (nSPS) is 25.5. The van der Waals surface area contributed by atoms with E-state index in [1.807, 2.05) is 0 Å². The van der Waals surface area contributed by atoms with Crippen LogP contribution in [0.25, 0.3) is 0 Å². The highest BCUT2D eigenvalue weighted by Crippen LogP contribution is 2.16. The smallest absolute Gasteiger partial charge is 0.0195 e. The predicted octanol–water partition coefficient (Wildman–Crippen LogP) is 1.84. The van der Waals surface area contributed by atoms with Crippen LogP contribution < -0.4 is 5.32 Å². The Morgan fingerprint density at radius 3 is 2.41 bits per heavy atom. The van der Waals surface area contributed by atoms with E-state index >= 15 is 0 Å². The van der Waals surface area contributed by atoms with Gasteiger partial charge in [0.05, 0.1) is 0 Å². The van der Waals surface area contributed by atoms with Crippen LogP contribution in [0.5, 0.6) is 0 Å². The summed E-state index contributed by atoms with van der Waals surface area (Å²) in [5.74, 6) is 0. The first kappa shape index (κ1) is 11.2. The number of nitrogens with zero attached hydrogens (tertiary/aromatic N) is 1. The van der Waals surface area contributed by atoms with E-state index in [0.717, 1.165) is 6.04 Å². The molecule has 0 amide bonds. The molecule has 0 saturated carbocycles. The van der Waals surface area contributed by atoms with Gasteiger partial charge in [-0.3, -0.25) is 0 Å². The topological polar surface area (TPSA) is 15.3 Å². The molecule has 92 valence electrons. The van der Waals surface area contributed by atoms with E-state index in [1.165, 1.54) is 51.9 Å². The van der Waals surface area contributed by atoms with Gasteiger partial charge in [0.15, 0.2) is 0 Å². The van der Waals surface area contributed by atoms with Crippen LogP contribution in [0.2, 0.25) is 0 Å². The monoisotopic (exact) mass is 230 g/mol. The Balaban J connectivity index is 1.60. The van der Waals surface area contributed by atoms with Crippen LogP contribution in [0, 0.1) is 0 Å². The molecule has 1 saturated heterocycles. The summed E-state index contributed by atoms with van der Waals surface area (Å²) < 4.78 is 0. The van der Waals surface area contributed by atoms with Crippen molar-refractivity contribution in [1.29, 1.82) is 0 Å². The highest BCUT2D eigenvalue weighted by atomic mass is 15.2. The second kappa shape index (κ2) is 5.19. The summed E-state index contributed by atoms with van der Waals surface area (Å²) in [6.45, 7) is 4.93. The molecule has 0 unspecified atom stereocenters. The number of nitrogens with one attached hydrogen (secondary N) is 1. The van der Waals surface area contributed by atoms with E-state index in [1.54, 1.807) is 11.1 Å². The maximum Gasteiger partial charge on any atom is 0.0195 e. The number of hydrogen-bond acceptors (Lipinski definition) is 2. The minimum atomic E-state index is 0.746. The lowest BCUT2D eigenvalue weighted by Crippen LogP contribution is -2.38. The zero-order valence-corrected chi connectivity index (χ0v) is 10.5. The van der Waals surface area contributed by atoms with Crippen LogP contribution in [-0.4, -0.2) is 37.1 Å². The molecule has 2 nitrogen and oxygen atoms in total.